The number of nitrogens with zero attached hydrogens (tertiary/aromatic N) is 1. The number of fused-ring (bicyclic) bond motifs is 1. The molecule has 106 valence electrons. The SMILES string of the molecule is CCNC1CCN(CCOC(C)C)c2ccccc21. The summed E-state index contributed by atoms with van der Waals surface area (Å²) in [5, 5.41) is 3.58. The zero-order chi connectivity index (χ0) is 13.7. The number of rotatable bonds is 6. The number of ether oxygens (including phenoxy) is 1. The molecule has 3 heteroatoms. The van der Waals surface area contributed by atoms with Gasteiger partial charge in [0.25, 0.3) is 0 Å². The van der Waals surface area contributed by atoms with Crippen LogP contribution in [0.1, 0.15) is 38.8 Å². The second kappa shape index (κ2) is 6.92. The molecule has 1 aromatic rings. The molecule has 0 radical (unpaired) electrons. The van der Waals surface area contributed by atoms with Crippen molar-refractivity contribution >= 4 is 5.69 Å². The maximum atomic E-state index is 5.68. The number of benzene rings is 1. The molecule has 0 aliphatic carbocycles. The first-order chi connectivity index (χ1) is 9.22. The van der Waals surface area contributed by atoms with Crippen LogP contribution in [0.5, 0.6) is 0 Å². The molecule has 0 aromatic heterocycles. The fraction of sp³-hybridized carbons (Fsp3) is 0.625. The lowest BCUT2D eigenvalue weighted by Crippen LogP contribution is -2.37. The summed E-state index contributed by atoms with van der Waals surface area (Å²) in [6.07, 6.45) is 1.49. The molecule has 2 rings (SSSR count). The Kier molecular flexibility index (Phi) is 5.23. The van der Waals surface area contributed by atoms with Crippen molar-refractivity contribution in [2.45, 2.75) is 39.3 Å². The summed E-state index contributed by atoms with van der Waals surface area (Å²) < 4.78 is 5.68. The zero-order valence-corrected chi connectivity index (χ0v) is 12.4. The molecule has 1 unspecified atom stereocenters. The Morgan fingerprint density at radius 2 is 2.16 bits per heavy atom. The lowest BCUT2D eigenvalue weighted by atomic mass is 9.96. The molecule has 1 atom stereocenters. The highest BCUT2D eigenvalue weighted by Crippen LogP contribution is 2.33. The lowest BCUT2D eigenvalue weighted by molar-refractivity contribution is 0.0838. The van der Waals surface area contributed by atoms with Gasteiger partial charge in [0.2, 0.25) is 0 Å². The molecule has 0 fully saturated rings. The molecular weight excluding hydrogens is 236 g/mol. The second-order valence-corrected chi connectivity index (χ2v) is 5.36. The van der Waals surface area contributed by atoms with Crippen molar-refractivity contribution in [3.63, 3.8) is 0 Å². The largest absolute Gasteiger partial charge is 0.377 e. The number of hydrogen-bond acceptors (Lipinski definition) is 3. The molecule has 0 saturated carbocycles. The van der Waals surface area contributed by atoms with E-state index in [9.17, 15) is 0 Å². The topological polar surface area (TPSA) is 24.5 Å². The normalized spacial score (nSPS) is 18.7. The Bertz CT molecular complexity index is 392. The molecular formula is C16H26N2O. The van der Waals surface area contributed by atoms with E-state index in [1.54, 1.807) is 0 Å². The number of para-hydroxylation sites is 1. The van der Waals surface area contributed by atoms with E-state index in [4.69, 9.17) is 4.74 Å². The van der Waals surface area contributed by atoms with Gasteiger partial charge in [0.15, 0.2) is 0 Å². The fourth-order valence-corrected chi connectivity index (χ4v) is 2.72. The smallest absolute Gasteiger partial charge is 0.0645 e. The molecule has 3 nitrogen and oxygen atoms in total. The molecule has 0 spiro atoms. The standard InChI is InChI=1S/C16H26N2O/c1-4-17-15-9-10-18(11-12-19-13(2)3)16-8-6-5-7-14(15)16/h5-8,13,15,17H,4,9-12H2,1-3H3. The van der Waals surface area contributed by atoms with Crippen molar-refractivity contribution in [3.8, 4) is 0 Å². The van der Waals surface area contributed by atoms with E-state index >= 15 is 0 Å². The highest BCUT2D eigenvalue weighted by molar-refractivity contribution is 5.56. The van der Waals surface area contributed by atoms with E-state index < -0.39 is 0 Å². The molecule has 0 amide bonds. The van der Waals surface area contributed by atoms with Crippen molar-refractivity contribution in [2.24, 2.45) is 0 Å². The molecule has 1 heterocycles. The van der Waals surface area contributed by atoms with Crippen LogP contribution >= 0.6 is 0 Å². The summed E-state index contributed by atoms with van der Waals surface area (Å²) in [7, 11) is 0. The first-order valence-electron chi connectivity index (χ1n) is 7.41. The average Bonchev–Trinajstić information content (AvgIpc) is 2.41. The van der Waals surface area contributed by atoms with Crippen LogP contribution in [0.15, 0.2) is 24.3 Å². The van der Waals surface area contributed by atoms with Crippen LogP contribution in [-0.4, -0.2) is 32.3 Å². The summed E-state index contributed by atoms with van der Waals surface area (Å²) in [5.41, 5.74) is 2.80. The Balaban J connectivity index is 2.05. The van der Waals surface area contributed by atoms with Gasteiger partial charge in [-0.1, -0.05) is 25.1 Å². The third-order valence-corrected chi connectivity index (χ3v) is 3.60. The highest BCUT2D eigenvalue weighted by Gasteiger charge is 2.23. The van der Waals surface area contributed by atoms with Crippen LogP contribution in [0.4, 0.5) is 5.69 Å². The highest BCUT2D eigenvalue weighted by atomic mass is 16.5. The van der Waals surface area contributed by atoms with Gasteiger partial charge in [-0.2, -0.15) is 0 Å². The van der Waals surface area contributed by atoms with Gasteiger partial charge >= 0.3 is 0 Å². The monoisotopic (exact) mass is 262 g/mol. The van der Waals surface area contributed by atoms with Gasteiger partial charge in [0, 0.05) is 24.8 Å². The molecule has 0 saturated heterocycles. The number of nitrogens with one attached hydrogen (secondary N) is 1. The van der Waals surface area contributed by atoms with E-state index in [1.807, 2.05) is 0 Å². The van der Waals surface area contributed by atoms with Gasteiger partial charge in [0.1, 0.15) is 0 Å². The van der Waals surface area contributed by atoms with Gasteiger partial charge < -0.3 is 15.0 Å². The molecule has 0 bridgehead atoms. The lowest BCUT2D eigenvalue weighted by Gasteiger charge is -2.36. The third kappa shape index (κ3) is 3.71. The van der Waals surface area contributed by atoms with Crippen molar-refractivity contribution in [2.75, 3.05) is 31.1 Å². The Hall–Kier alpha value is -1.06. The quantitative estimate of drug-likeness (QED) is 0.853. The van der Waals surface area contributed by atoms with Crippen LogP contribution < -0.4 is 10.2 Å². The van der Waals surface area contributed by atoms with E-state index in [1.165, 1.54) is 17.7 Å². The van der Waals surface area contributed by atoms with E-state index in [-0.39, 0.29) is 0 Å². The van der Waals surface area contributed by atoms with Crippen LogP contribution in [0, 0.1) is 0 Å². The van der Waals surface area contributed by atoms with Crippen molar-refractivity contribution in [3.05, 3.63) is 29.8 Å². The van der Waals surface area contributed by atoms with Crippen molar-refractivity contribution in [1.29, 1.82) is 0 Å². The van der Waals surface area contributed by atoms with Gasteiger partial charge in [-0.15, -0.1) is 0 Å². The summed E-state index contributed by atoms with van der Waals surface area (Å²) in [6.45, 7) is 10.3. The summed E-state index contributed by atoms with van der Waals surface area (Å²) in [4.78, 5) is 2.45. The van der Waals surface area contributed by atoms with Crippen LogP contribution in [0.3, 0.4) is 0 Å². The molecule has 19 heavy (non-hydrogen) atoms. The average molecular weight is 262 g/mol. The maximum Gasteiger partial charge on any atom is 0.0645 e. The van der Waals surface area contributed by atoms with E-state index in [0.717, 1.165) is 26.2 Å². The Morgan fingerprint density at radius 3 is 2.89 bits per heavy atom. The summed E-state index contributed by atoms with van der Waals surface area (Å²) >= 11 is 0. The zero-order valence-electron chi connectivity index (χ0n) is 12.4. The van der Waals surface area contributed by atoms with Crippen LogP contribution in [0.25, 0.3) is 0 Å². The number of hydrogen-bond donors (Lipinski definition) is 1. The Morgan fingerprint density at radius 1 is 1.37 bits per heavy atom. The Labute approximate surface area is 116 Å². The summed E-state index contributed by atoms with van der Waals surface area (Å²) in [5.74, 6) is 0. The minimum atomic E-state index is 0.314. The van der Waals surface area contributed by atoms with E-state index in [2.05, 4.69) is 55.3 Å². The molecule has 1 aromatic carbocycles. The molecule has 1 N–H and O–H groups in total. The van der Waals surface area contributed by atoms with Gasteiger partial charge in [0.05, 0.1) is 12.7 Å². The second-order valence-electron chi connectivity index (χ2n) is 5.36. The third-order valence-electron chi connectivity index (χ3n) is 3.60. The molecule has 1 aliphatic heterocycles. The maximum absolute atomic E-state index is 5.68. The fourth-order valence-electron chi connectivity index (χ4n) is 2.72. The predicted molar refractivity (Wildman–Crippen MR) is 80.8 cm³/mol. The predicted octanol–water partition coefficient (Wildman–Crippen LogP) is 2.97. The van der Waals surface area contributed by atoms with Crippen molar-refractivity contribution < 1.29 is 4.74 Å². The van der Waals surface area contributed by atoms with Gasteiger partial charge in [-0.3, -0.25) is 0 Å². The first kappa shape index (κ1) is 14.4. The minimum absolute atomic E-state index is 0.314. The van der Waals surface area contributed by atoms with Gasteiger partial charge in [-0.05, 0) is 38.4 Å². The summed E-state index contributed by atoms with van der Waals surface area (Å²) in [6, 6.07) is 9.25. The molecule has 1 aliphatic rings. The van der Waals surface area contributed by atoms with Gasteiger partial charge in [-0.25, -0.2) is 0 Å². The van der Waals surface area contributed by atoms with Crippen molar-refractivity contribution in [1.82, 2.24) is 5.32 Å². The minimum Gasteiger partial charge on any atom is -0.377 e. The van der Waals surface area contributed by atoms with Crippen LogP contribution in [-0.2, 0) is 4.74 Å². The van der Waals surface area contributed by atoms with Crippen LogP contribution in [0.2, 0.25) is 0 Å². The first-order valence-corrected chi connectivity index (χ1v) is 7.41. The van der Waals surface area contributed by atoms with E-state index in [0.29, 0.717) is 12.1 Å². The number of anilines is 1.